The Hall–Kier alpha value is -0.0800. The van der Waals surface area contributed by atoms with E-state index in [9.17, 15) is 0 Å². The fourth-order valence-corrected chi connectivity index (χ4v) is 3.19. The van der Waals surface area contributed by atoms with Crippen LogP contribution in [0.4, 0.5) is 0 Å². The maximum atomic E-state index is 5.49. The van der Waals surface area contributed by atoms with Crippen molar-refractivity contribution >= 4 is 0 Å². The lowest BCUT2D eigenvalue weighted by atomic mass is 9.78. The first-order valence-electron chi connectivity index (χ1n) is 6.17. The second-order valence-electron chi connectivity index (χ2n) is 4.84. The monoisotopic (exact) mass is 197 g/mol. The van der Waals surface area contributed by atoms with Gasteiger partial charge in [0.15, 0.2) is 0 Å². The first-order valence-corrected chi connectivity index (χ1v) is 6.17. The van der Waals surface area contributed by atoms with E-state index in [-0.39, 0.29) is 0 Å². The molecule has 1 saturated heterocycles. The number of rotatable bonds is 3. The van der Waals surface area contributed by atoms with Gasteiger partial charge in [0.05, 0.1) is 6.61 Å². The summed E-state index contributed by atoms with van der Waals surface area (Å²) in [7, 11) is 2.12. The van der Waals surface area contributed by atoms with Gasteiger partial charge >= 0.3 is 0 Å². The first-order chi connectivity index (χ1) is 6.92. The van der Waals surface area contributed by atoms with Crippen molar-refractivity contribution in [3.8, 4) is 0 Å². The third kappa shape index (κ3) is 2.29. The molecule has 1 N–H and O–H groups in total. The van der Waals surface area contributed by atoms with Gasteiger partial charge in [-0.05, 0) is 32.2 Å². The molecule has 2 aliphatic rings. The Bertz CT molecular complexity index is 160. The largest absolute Gasteiger partial charge is 0.381 e. The summed E-state index contributed by atoms with van der Waals surface area (Å²) in [6.45, 7) is 1.97. The average molecular weight is 197 g/mol. The molecule has 0 aromatic rings. The van der Waals surface area contributed by atoms with E-state index in [0.717, 1.165) is 31.1 Å². The highest BCUT2D eigenvalue weighted by Crippen LogP contribution is 2.32. The van der Waals surface area contributed by atoms with Crippen molar-refractivity contribution in [2.45, 2.75) is 44.6 Å². The third-order valence-corrected chi connectivity index (χ3v) is 3.96. The molecular weight excluding hydrogens is 174 g/mol. The van der Waals surface area contributed by atoms with Crippen LogP contribution in [0.1, 0.15) is 38.5 Å². The Morgan fingerprint density at radius 2 is 1.86 bits per heavy atom. The van der Waals surface area contributed by atoms with Gasteiger partial charge in [0.1, 0.15) is 0 Å². The lowest BCUT2D eigenvalue weighted by Gasteiger charge is -2.33. The summed E-state index contributed by atoms with van der Waals surface area (Å²) < 4.78 is 5.49. The molecule has 2 fully saturated rings. The Balaban J connectivity index is 1.89. The van der Waals surface area contributed by atoms with Gasteiger partial charge in [-0.15, -0.1) is 0 Å². The molecule has 0 spiro atoms. The van der Waals surface area contributed by atoms with Crippen molar-refractivity contribution in [3.05, 3.63) is 0 Å². The standard InChI is InChI=1S/C12H23NO/c1-13-12(11-7-8-14-9-11)10-5-3-2-4-6-10/h10-13H,2-9H2,1H3. The van der Waals surface area contributed by atoms with E-state index in [1.54, 1.807) is 0 Å². The van der Waals surface area contributed by atoms with E-state index in [4.69, 9.17) is 4.74 Å². The van der Waals surface area contributed by atoms with Crippen LogP contribution < -0.4 is 5.32 Å². The summed E-state index contributed by atoms with van der Waals surface area (Å²) in [5, 5.41) is 3.53. The Morgan fingerprint density at radius 3 is 2.43 bits per heavy atom. The van der Waals surface area contributed by atoms with Crippen LogP contribution in [0, 0.1) is 11.8 Å². The van der Waals surface area contributed by atoms with Gasteiger partial charge in [0.25, 0.3) is 0 Å². The molecule has 0 amide bonds. The smallest absolute Gasteiger partial charge is 0.0510 e. The number of hydrogen-bond donors (Lipinski definition) is 1. The van der Waals surface area contributed by atoms with Crippen LogP contribution in [-0.4, -0.2) is 26.3 Å². The predicted molar refractivity (Wildman–Crippen MR) is 58.3 cm³/mol. The average Bonchev–Trinajstić information content (AvgIpc) is 2.74. The summed E-state index contributed by atoms with van der Waals surface area (Å²) >= 11 is 0. The molecular formula is C12H23NO. The topological polar surface area (TPSA) is 21.3 Å². The Morgan fingerprint density at radius 1 is 1.07 bits per heavy atom. The molecule has 2 nitrogen and oxygen atoms in total. The molecule has 1 saturated carbocycles. The predicted octanol–water partition coefficient (Wildman–Crippen LogP) is 2.19. The normalized spacial score (nSPS) is 31.9. The van der Waals surface area contributed by atoms with Gasteiger partial charge in [-0.2, -0.15) is 0 Å². The zero-order valence-corrected chi connectivity index (χ0v) is 9.30. The molecule has 0 bridgehead atoms. The maximum absolute atomic E-state index is 5.49. The molecule has 1 aliphatic heterocycles. The quantitative estimate of drug-likeness (QED) is 0.749. The van der Waals surface area contributed by atoms with E-state index in [0.29, 0.717) is 0 Å². The number of hydrogen-bond acceptors (Lipinski definition) is 2. The van der Waals surface area contributed by atoms with E-state index < -0.39 is 0 Å². The van der Waals surface area contributed by atoms with Crippen LogP contribution in [0.3, 0.4) is 0 Å². The van der Waals surface area contributed by atoms with Crippen molar-refractivity contribution in [3.63, 3.8) is 0 Å². The van der Waals surface area contributed by atoms with Gasteiger partial charge in [-0.3, -0.25) is 0 Å². The van der Waals surface area contributed by atoms with Gasteiger partial charge in [0, 0.05) is 18.6 Å². The minimum atomic E-state index is 0.720. The molecule has 2 rings (SSSR count). The highest BCUT2D eigenvalue weighted by molar-refractivity contribution is 4.85. The van der Waals surface area contributed by atoms with Crippen molar-refractivity contribution in [1.82, 2.24) is 5.32 Å². The van der Waals surface area contributed by atoms with Crippen LogP contribution in [0.5, 0.6) is 0 Å². The molecule has 2 heteroatoms. The number of nitrogens with one attached hydrogen (secondary N) is 1. The molecule has 2 unspecified atom stereocenters. The fraction of sp³-hybridized carbons (Fsp3) is 1.00. The van der Waals surface area contributed by atoms with Crippen molar-refractivity contribution in [2.75, 3.05) is 20.3 Å². The summed E-state index contributed by atoms with van der Waals surface area (Å²) in [5.74, 6) is 1.70. The molecule has 1 heterocycles. The second kappa shape index (κ2) is 5.13. The van der Waals surface area contributed by atoms with Crippen LogP contribution >= 0.6 is 0 Å². The minimum absolute atomic E-state index is 0.720. The highest BCUT2D eigenvalue weighted by Gasteiger charge is 2.31. The third-order valence-electron chi connectivity index (χ3n) is 3.96. The van der Waals surface area contributed by atoms with Crippen LogP contribution in [-0.2, 0) is 4.74 Å². The highest BCUT2D eigenvalue weighted by atomic mass is 16.5. The molecule has 1 aliphatic carbocycles. The molecule has 82 valence electrons. The molecule has 0 aromatic carbocycles. The fourth-order valence-electron chi connectivity index (χ4n) is 3.19. The summed E-state index contributed by atoms with van der Waals surface area (Å²) in [6, 6.07) is 0.720. The van der Waals surface area contributed by atoms with E-state index >= 15 is 0 Å². The number of ether oxygens (including phenoxy) is 1. The first kappa shape index (κ1) is 10.4. The summed E-state index contributed by atoms with van der Waals surface area (Å²) in [5.41, 5.74) is 0. The Kier molecular flexibility index (Phi) is 3.82. The van der Waals surface area contributed by atoms with Crippen LogP contribution in [0.25, 0.3) is 0 Å². The molecule has 0 aromatic heterocycles. The lowest BCUT2D eigenvalue weighted by molar-refractivity contribution is 0.156. The van der Waals surface area contributed by atoms with Crippen LogP contribution in [0.15, 0.2) is 0 Å². The van der Waals surface area contributed by atoms with E-state index in [2.05, 4.69) is 12.4 Å². The van der Waals surface area contributed by atoms with Gasteiger partial charge in [-0.1, -0.05) is 19.3 Å². The van der Waals surface area contributed by atoms with Gasteiger partial charge in [-0.25, -0.2) is 0 Å². The lowest BCUT2D eigenvalue weighted by Crippen LogP contribution is -2.41. The molecule has 14 heavy (non-hydrogen) atoms. The van der Waals surface area contributed by atoms with E-state index in [1.165, 1.54) is 38.5 Å². The van der Waals surface area contributed by atoms with Crippen molar-refractivity contribution in [2.24, 2.45) is 11.8 Å². The minimum Gasteiger partial charge on any atom is -0.381 e. The van der Waals surface area contributed by atoms with E-state index in [1.807, 2.05) is 0 Å². The van der Waals surface area contributed by atoms with Crippen LogP contribution in [0.2, 0.25) is 0 Å². The second-order valence-corrected chi connectivity index (χ2v) is 4.84. The summed E-state index contributed by atoms with van der Waals surface area (Å²) in [6.07, 6.45) is 8.47. The molecule has 2 atom stereocenters. The van der Waals surface area contributed by atoms with Crippen molar-refractivity contribution < 1.29 is 4.74 Å². The van der Waals surface area contributed by atoms with Gasteiger partial charge in [0.2, 0.25) is 0 Å². The SMILES string of the molecule is CNC(C1CCCCC1)C1CCOC1. The Labute approximate surface area is 87.4 Å². The zero-order valence-electron chi connectivity index (χ0n) is 9.30. The van der Waals surface area contributed by atoms with Gasteiger partial charge < -0.3 is 10.1 Å². The molecule has 0 radical (unpaired) electrons. The summed E-state index contributed by atoms with van der Waals surface area (Å²) in [4.78, 5) is 0. The van der Waals surface area contributed by atoms with Crippen molar-refractivity contribution in [1.29, 1.82) is 0 Å². The maximum Gasteiger partial charge on any atom is 0.0510 e. The zero-order chi connectivity index (χ0) is 9.80.